The molecule has 0 heterocycles. The predicted octanol–water partition coefficient (Wildman–Crippen LogP) is 5.13. The fraction of sp³-hybridized carbons (Fsp3) is 0. The number of hydrogen-bond donors (Lipinski definition) is 1. The molecular weight excluding hydrogens is 363 g/mol. The average Bonchev–Trinajstić information content (AvgIpc) is 2.41. The van der Waals surface area contributed by atoms with E-state index in [-0.39, 0.29) is 0 Å². The molecule has 6 heteroatoms. The van der Waals surface area contributed by atoms with E-state index in [0.717, 1.165) is 6.08 Å². The Labute approximate surface area is 133 Å². The van der Waals surface area contributed by atoms with Gasteiger partial charge in [-0.15, -0.1) is 0 Å². The van der Waals surface area contributed by atoms with Gasteiger partial charge in [-0.2, -0.15) is 0 Å². The molecule has 0 atom stereocenters. The number of ether oxygens (including phenoxy) is 1. The molecule has 0 radical (unpaired) electrons. The van der Waals surface area contributed by atoms with Gasteiger partial charge in [0, 0.05) is 16.7 Å². The molecule has 0 aliphatic rings. The van der Waals surface area contributed by atoms with Gasteiger partial charge in [0.05, 0.1) is 4.47 Å². The van der Waals surface area contributed by atoms with Crippen molar-refractivity contribution in [1.82, 2.24) is 0 Å². The highest BCUT2D eigenvalue weighted by Gasteiger charge is 2.08. The van der Waals surface area contributed by atoms with Crippen LogP contribution in [0.1, 0.15) is 5.56 Å². The van der Waals surface area contributed by atoms with Crippen molar-refractivity contribution in [1.29, 1.82) is 0 Å². The summed E-state index contributed by atoms with van der Waals surface area (Å²) in [7, 11) is 0. The van der Waals surface area contributed by atoms with Crippen LogP contribution in [0.4, 0.5) is 4.39 Å². The highest BCUT2D eigenvalue weighted by molar-refractivity contribution is 9.10. The maximum Gasteiger partial charge on any atom is 0.328 e. The normalized spacial score (nSPS) is 10.8. The lowest BCUT2D eigenvalue weighted by molar-refractivity contribution is -0.131. The van der Waals surface area contributed by atoms with Crippen LogP contribution < -0.4 is 4.74 Å². The molecule has 2 aromatic rings. The maximum atomic E-state index is 13.3. The first-order chi connectivity index (χ1) is 9.95. The third kappa shape index (κ3) is 4.31. The highest BCUT2D eigenvalue weighted by atomic mass is 79.9. The maximum absolute atomic E-state index is 13.3. The molecule has 21 heavy (non-hydrogen) atoms. The van der Waals surface area contributed by atoms with Crippen LogP contribution in [0, 0.1) is 5.82 Å². The second-order valence-corrected chi connectivity index (χ2v) is 5.32. The molecule has 0 aliphatic heterocycles. The van der Waals surface area contributed by atoms with E-state index in [9.17, 15) is 9.18 Å². The van der Waals surface area contributed by atoms with E-state index in [4.69, 9.17) is 21.4 Å². The Morgan fingerprint density at radius 1 is 1.24 bits per heavy atom. The Bertz CT molecular complexity index is 716. The van der Waals surface area contributed by atoms with Crippen LogP contribution in [-0.2, 0) is 4.79 Å². The lowest BCUT2D eigenvalue weighted by Crippen LogP contribution is -1.91. The molecule has 108 valence electrons. The summed E-state index contributed by atoms with van der Waals surface area (Å²) in [6.45, 7) is 0. The lowest BCUT2D eigenvalue weighted by atomic mass is 10.2. The Morgan fingerprint density at radius 3 is 2.62 bits per heavy atom. The van der Waals surface area contributed by atoms with Crippen molar-refractivity contribution >= 4 is 39.6 Å². The molecule has 2 aromatic carbocycles. The summed E-state index contributed by atoms with van der Waals surface area (Å²) in [5.41, 5.74) is 0.319. The second-order valence-electron chi connectivity index (χ2n) is 4.03. The van der Waals surface area contributed by atoms with Gasteiger partial charge in [-0.1, -0.05) is 11.6 Å². The molecule has 0 amide bonds. The number of rotatable bonds is 4. The van der Waals surface area contributed by atoms with Gasteiger partial charge in [0.15, 0.2) is 0 Å². The average molecular weight is 372 g/mol. The van der Waals surface area contributed by atoms with Crippen LogP contribution in [0.3, 0.4) is 0 Å². The summed E-state index contributed by atoms with van der Waals surface area (Å²) in [6.07, 6.45) is 2.18. The van der Waals surface area contributed by atoms with Gasteiger partial charge in [0.25, 0.3) is 0 Å². The molecule has 0 aromatic heterocycles. The van der Waals surface area contributed by atoms with Crippen LogP contribution in [-0.4, -0.2) is 11.1 Å². The quantitative estimate of drug-likeness (QED) is 0.758. The molecule has 0 unspecified atom stereocenters. The standard InChI is InChI=1S/C15H9BrClFO3/c16-12-8-10(17)2-4-14(12)21-13-5-3-11(18)7-9(13)1-6-15(19)20/h1-8H,(H,19,20)/b6-1+. The molecular formula is C15H9BrClFO3. The smallest absolute Gasteiger partial charge is 0.328 e. The van der Waals surface area contributed by atoms with E-state index in [1.165, 1.54) is 24.3 Å². The molecule has 0 saturated carbocycles. The molecule has 3 nitrogen and oxygen atoms in total. The van der Waals surface area contributed by atoms with Crippen molar-refractivity contribution in [2.45, 2.75) is 0 Å². The van der Waals surface area contributed by atoms with Crippen molar-refractivity contribution in [3.05, 3.63) is 63.4 Å². The van der Waals surface area contributed by atoms with Gasteiger partial charge in [0.2, 0.25) is 0 Å². The SMILES string of the molecule is O=C(O)/C=C/c1cc(F)ccc1Oc1ccc(Cl)cc1Br. The van der Waals surface area contributed by atoms with Crippen molar-refractivity contribution in [2.75, 3.05) is 0 Å². The molecule has 0 aliphatic carbocycles. The summed E-state index contributed by atoms with van der Waals surface area (Å²) in [5, 5.41) is 9.20. The summed E-state index contributed by atoms with van der Waals surface area (Å²) < 4.78 is 19.6. The van der Waals surface area contributed by atoms with E-state index in [0.29, 0.717) is 26.6 Å². The summed E-state index contributed by atoms with van der Waals surface area (Å²) in [4.78, 5) is 10.6. The van der Waals surface area contributed by atoms with Gasteiger partial charge >= 0.3 is 5.97 Å². The number of carbonyl (C=O) groups is 1. The topological polar surface area (TPSA) is 46.5 Å². The molecule has 0 saturated heterocycles. The zero-order valence-corrected chi connectivity index (χ0v) is 12.9. The minimum Gasteiger partial charge on any atom is -0.478 e. The molecule has 2 rings (SSSR count). The largest absolute Gasteiger partial charge is 0.478 e. The first-order valence-corrected chi connectivity index (χ1v) is 6.96. The summed E-state index contributed by atoms with van der Waals surface area (Å²) in [5.74, 6) is -0.798. The molecule has 0 spiro atoms. The van der Waals surface area contributed by atoms with E-state index in [2.05, 4.69) is 15.9 Å². The van der Waals surface area contributed by atoms with Gasteiger partial charge in [-0.3, -0.25) is 0 Å². The number of carboxylic acids is 1. The summed E-state index contributed by atoms with van der Waals surface area (Å²) >= 11 is 9.16. The predicted molar refractivity (Wildman–Crippen MR) is 82.3 cm³/mol. The number of benzene rings is 2. The Kier molecular flexibility index (Phi) is 4.98. The fourth-order valence-corrected chi connectivity index (χ4v) is 2.34. The van der Waals surface area contributed by atoms with Crippen LogP contribution in [0.2, 0.25) is 5.02 Å². The highest BCUT2D eigenvalue weighted by Crippen LogP contribution is 2.34. The third-order valence-electron chi connectivity index (χ3n) is 2.49. The van der Waals surface area contributed by atoms with Crippen molar-refractivity contribution in [3.63, 3.8) is 0 Å². The first kappa shape index (κ1) is 15.5. The van der Waals surface area contributed by atoms with Gasteiger partial charge in [-0.05, 0) is 58.4 Å². The monoisotopic (exact) mass is 370 g/mol. The zero-order chi connectivity index (χ0) is 15.4. The minimum atomic E-state index is -1.13. The van der Waals surface area contributed by atoms with Crippen LogP contribution >= 0.6 is 27.5 Å². The van der Waals surface area contributed by atoms with E-state index in [1.54, 1.807) is 18.2 Å². The van der Waals surface area contributed by atoms with Crippen LogP contribution in [0.25, 0.3) is 6.08 Å². The van der Waals surface area contributed by atoms with Gasteiger partial charge < -0.3 is 9.84 Å². The Hall–Kier alpha value is -1.85. The van der Waals surface area contributed by atoms with Crippen LogP contribution in [0.5, 0.6) is 11.5 Å². The van der Waals surface area contributed by atoms with Crippen molar-refractivity contribution in [3.8, 4) is 11.5 Å². The van der Waals surface area contributed by atoms with E-state index in [1.807, 2.05) is 0 Å². The number of hydrogen-bond acceptors (Lipinski definition) is 2. The van der Waals surface area contributed by atoms with Gasteiger partial charge in [0.1, 0.15) is 17.3 Å². The zero-order valence-electron chi connectivity index (χ0n) is 10.5. The van der Waals surface area contributed by atoms with Crippen molar-refractivity contribution in [2.24, 2.45) is 0 Å². The summed E-state index contributed by atoms with van der Waals surface area (Å²) in [6, 6.07) is 8.82. The second kappa shape index (κ2) is 6.74. The minimum absolute atomic E-state index is 0.319. The van der Waals surface area contributed by atoms with E-state index < -0.39 is 11.8 Å². The Morgan fingerprint density at radius 2 is 1.95 bits per heavy atom. The van der Waals surface area contributed by atoms with Gasteiger partial charge in [-0.25, -0.2) is 9.18 Å². The number of halogens is 3. The van der Waals surface area contributed by atoms with Crippen molar-refractivity contribution < 1.29 is 19.0 Å². The molecule has 0 fully saturated rings. The lowest BCUT2D eigenvalue weighted by Gasteiger charge is -2.10. The van der Waals surface area contributed by atoms with E-state index >= 15 is 0 Å². The molecule has 0 bridgehead atoms. The number of aliphatic carboxylic acids is 1. The molecule has 1 N–H and O–H groups in total. The van der Waals surface area contributed by atoms with Crippen LogP contribution in [0.15, 0.2) is 46.9 Å². The number of carboxylic acid groups (broad SMARTS) is 1. The third-order valence-corrected chi connectivity index (χ3v) is 3.35. The first-order valence-electron chi connectivity index (χ1n) is 5.79. The Balaban J connectivity index is 2.37. The fourth-order valence-electron chi connectivity index (χ4n) is 1.58.